The van der Waals surface area contributed by atoms with E-state index in [-0.39, 0.29) is 5.82 Å². The van der Waals surface area contributed by atoms with E-state index in [9.17, 15) is 4.39 Å². The van der Waals surface area contributed by atoms with Crippen molar-refractivity contribution in [3.63, 3.8) is 0 Å². The molecular formula is C13H15FN4S. The lowest BCUT2D eigenvalue weighted by Crippen LogP contribution is -2.01. The molecule has 19 heavy (non-hydrogen) atoms. The van der Waals surface area contributed by atoms with Crippen molar-refractivity contribution in [1.29, 1.82) is 0 Å². The second-order valence-corrected chi connectivity index (χ2v) is 4.73. The Morgan fingerprint density at radius 1 is 1.16 bits per heavy atom. The molecule has 2 N–H and O–H groups in total. The molecule has 0 radical (unpaired) electrons. The van der Waals surface area contributed by atoms with E-state index in [2.05, 4.69) is 20.6 Å². The number of rotatable bonds is 4. The molecule has 1 heterocycles. The third-order valence-electron chi connectivity index (χ3n) is 2.61. The highest BCUT2D eigenvalue weighted by atomic mass is 32.2. The SMILES string of the molecule is CNc1cc(Nc2cc(F)ccc2C)nc(SC)n1. The molecule has 0 atom stereocenters. The van der Waals surface area contributed by atoms with Gasteiger partial charge in [-0.1, -0.05) is 17.8 Å². The van der Waals surface area contributed by atoms with Gasteiger partial charge in [0.2, 0.25) is 0 Å². The van der Waals surface area contributed by atoms with Crippen LogP contribution in [0.4, 0.5) is 21.7 Å². The number of halogens is 1. The van der Waals surface area contributed by atoms with Gasteiger partial charge in [-0.05, 0) is 30.9 Å². The zero-order chi connectivity index (χ0) is 13.8. The Morgan fingerprint density at radius 3 is 2.58 bits per heavy atom. The molecule has 0 bridgehead atoms. The molecule has 1 aromatic heterocycles. The predicted octanol–water partition coefficient (Wildman–Crippen LogP) is 3.43. The van der Waals surface area contributed by atoms with E-state index in [0.29, 0.717) is 16.7 Å². The second-order valence-electron chi connectivity index (χ2n) is 3.96. The lowest BCUT2D eigenvalue weighted by molar-refractivity contribution is 0.628. The van der Waals surface area contributed by atoms with Gasteiger partial charge in [-0.25, -0.2) is 14.4 Å². The maximum atomic E-state index is 13.3. The number of benzene rings is 1. The summed E-state index contributed by atoms with van der Waals surface area (Å²) in [6.45, 7) is 1.91. The number of nitrogens with one attached hydrogen (secondary N) is 2. The van der Waals surface area contributed by atoms with Gasteiger partial charge in [0, 0.05) is 18.8 Å². The summed E-state index contributed by atoms with van der Waals surface area (Å²) in [5.41, 5.74) is 1.66. The molecule has 0 fully saturated rings. The fourth-order valence-corrected chi connectivity index (χ4v) is 1.95. The van der Waals surface area contributed by atoms with Crippen molar-refractivity contribution in [3.8, 4) is 0 Å². The molecule has 0 aliphatic carbocycles. The zero-order valence-corrected chi connectivity index (χ0v) is 11.8. The summed E-state index contributed by atoms with van der Waals surface area (Å²) >= 11 is 1.45. The third kappa shape index (κ3) is 3.35. The van der Waals surface area contributed by atoms with Crippen LogP contribution in [-0.4, -0.2) is 23.3 Å². The molecular weight excluding hydrogens is 263 g/mol. The van der Waals surface area contributed by atoms with Crippen LogP contribution in [0.1, 0.15) is 5.56 Å². The van der Waals surface area contributed by atoms with E-state index in [1.807, 2.05) is 13.2 Å². The number of aryl methyl sites for hydroxylation is 1. The maximum Gasteiger partial charge on any atom is 0.191 e. The molecule has 0 saturated carbocycles. The number of nitrogens with zero attached hydrogens (tertiary/aromatic N) is 2. The van der Waals surface area contributed by atoms with Gasteiger partial charge in [-0.3, -0.25) is 0 Å². The van der Waals surface area contributed by atoms with E-state index >= 15 is 0 Å². The van der Waals surface area contributed by atoms with Crippen LogP contribution in [0.25, 0.3) is 0 Å². The van der Waals surface area contributed by atoms with Crippen molar-refractivity contribution in [2.45, 2.75) is 12.1 Å². The highest BCUT2D eigenvalue weighted by Crippen LogP contribution is 2.23. The van der Waals surface area contributed by atoms with Gasteiger partial charge in [-0.15, -0.1) is 0 Å². The Kier molecular flexibility index (Phi) is 4.21. The fraction of sp³-hybridized carbons (Fsp3) is 0.231. The van der Waals surface area contributed by atoms with Gasteiger partial charge in [-0.2, -0.15) is 0 Å². The van der Waals surface area contributed by atoms with Crippen LogP contribution in [0.3, 0.4) is 0 Å². The van der Waals surface area contributed by atoms with Crippen LogP contribution >= 0.6 is 11.8 Å². The molecule has 100 valence electrons. The van der Waals surface area contributed by atoms with Gasteiger partial charge in [0.05, 0.1) is 0 Å². The monoisotopic (exact) mass is 278 g/mol. The van der Waals surface area contributed by atoms with Crippen LogP contribution in [-0.2, 0) is 0 Å². The van der Waals surface area contributed by atoms with Crippen LogP contribution in [0.5, 0.6) is 0 Å². The topological polar surface area (TPSA) is 49.8 Å². The quantitative estimate of drug-likeness (QED) is 0.663. The van der Waals surface area contributed by atoms with E-state index in [0.717, 1.165) is 11.4 Å². The van der Waals surface area contributed by atoms with Crippen LogP contribution in [0, 0.1) is 12.7 Å². The number of aromatic nitrogens is 2. The molecule has 0 amide bonds. The average Bonchev–Trinajstić information content (AvgIpc) is 2.42. The fourth-order valence-electron chi connectivity index (χ4n) is 1.58. The Labute approximate surface area is 115 Å². The zero-order valence-electron chi connectivity index (χ0n) is 11.0. The summed E-state index contributed by atoms with van der Waals surface area (Å²) in [6.07, 6.45) is 1.91. The lowest BCUT2D eigenvalue weighted by Gasteiger charge is -2.11. The van der Waals surface area contributed by atoms with E-state index in [1.165, 1.54) is 23.9 Å². The molecule has 1 aromatic carbocycles. The van der Waals surface area contributed by atoms with Crippen molar-refractivity contribution in [2.75, 3.05) is 23.9 Å². The summed E-state index contributed by atoms with van der Waals surface area (Å²) in [6, 6.07) is 6.40. The average molecular weight is 278 g/mol. The van der Waals surface area contributed by atoms with Gasteiger partial charge < -0.3 is 10.6 Å². The van der Waals surface area contributed by atoms with Crippen molar-refractivity contribution in [3.05, 3.63) is 35.6 Å². The van der Waals surface area contributed by atoms with Gasteiger partial charge in [0.25, 0.3) is 0 Å². The molecule has 0 aliphatic heterocycles. The number of thioether (sulfide) groups is 1. The molecule has 6 heteroatoms. The normalized spacial score (nSPS) is 10.3. The molecule has 0 spiro atoms. The van der Waals surface area contributed by atoms with Gasteiger partial charge in [0.1, 0.15) is 17.5 Å². The van der Waals surface area contributed by atoms with Crippen molar-refractivity contribution in [1.82, 2.24) is 9.97 Å². The minimum Gasteiger partial charge on any atom is -0.373 e. The summed E-state index contributed by atoms with van der Waals surface area (Å²) in [7, 11) is 1.80. The maximum absolute atomic E-state index is 13.3. The van der Waals surface area contributed by atoms with Crippen molar-refractivity contribution >= 4 is 29.1 Å². The smallest absolute Gasteiger partial charge is 0.191 e. The Bertz CT molecular complexity index is 567. The predicted molar refractivity (Wildman–Crippen MR) is 77.8 cm³/mol. The first-order valence-corrected chi connectivity index (χ1v) is 6.99. The number of anilines is 3. The Morgan fingerprint density at radius 2 is 1.89 bits per heavy atom. The molecule has 0 aliphatic rings. The molecule has 2 aromatic rings. The minimum absolute atomic E-state index is 0.277. The van der Waals surface area contributed by atoms with Gasteiger partial charge in [0.15, 0.2) is 5.16 Å². The summed E-state index contributed by atoms with van der Waals surface area (Å²) in [5.74, 6) is 1.08. The third-order valence-corrected chi connectivity index (χ3v) is 3.15. The largest absolute Gasteiger partial charge is 0.373 e. The van der Waals surface area contributed by atoms with Crippen LogP contribution < -0.4 is 10.6 Å². The second kappa shape index (κ2) is 5.88. The van der Waals surface area contributed by atoms with Gasteiger partial charge >= 0.3 is 0 Å². The molecule has 0 saturated heterocycles. The van der Waals surface area contributed by atoms with E-state index < -0.39 is 0 Å². The summed E-state index contributed by atoms with van der Waals surface area (Å²) < 4.78 is 13.3. The first kappa shape index (κ1) is 13.6. The number of hydrogen-bond acceptors (Lipinski definition) is 5. The summed E-state index contributed by atoms with van der Waals surface area (Å²) in [5, 5.41) is 6.75. The highest BCUT2D eigenvalue weighted by Gasteiger charge is 2.06. The Hall–Kier alpha value is -1.82. The lowest BCUT2D eigenvalue weighted by atomic mass is 10.2. The van der Waals surface area contributed by atoms with Crippen molar-refractivity contribution in [2.24, 2.45) is 0 Å². The highest BCUT2D eigenvalue weighted by molar-refractivity contribution is 7.98. The first-order valence-electron chi connectivity index (χ1n) is 5.76. The molecule has 4 nitrogen and oxygen atoms in total. The van der Waals surface area contributed by atoms with E-state index in [1.54, 1.807) is 19.2 Å². The number of hydrogen-bond donors (Lipinski definition) is 2. The molecule has 2 rings (SSSR count). The molecule has 0 unspecified atom stereocenters. The van der Waals surface area contributed by atoms with Crippen molar-refractivity contribution < 1.29 is 4.39 Å². The van der Waals surface area contributed by atoms with Crippen LogP contribution in [0.2, 0.25) is 0 Å². The van der Waals surface area contributed by atoms with E-state index in [4.69, 9.17) is 0 Å². The summed E-state index contributed by atoms with van der Waals surface area (Å²) in [4.78, 5) is 8.62. The minimum atomic E-state index is -0.277. The Balaban J connectivity index is 2.34. The standard InChI is InChI=1S/C13H15FN4S/c1-8-4-5-9(14)6-10(8)16-12-7-11(15-2)17-13(18-12)19-3/h4-7H,1-3H3,(H2,15,16,17,18). The first-order chi connectivity index (χ1) is 9.12. The van der Waals surface area contributed by atoms with Crippen LogP contribution in [0.15, 0.2) is 29.4 Å².